The smallest absolute Gasteiger partial charge is 0.201 e. The monoisotopic (exact) mass is 407 g/mol. The molecule has 8 unspecified atom stereocenters. The third-order valence-electron chi connectivity index (χ3n) is 9.09. The van der Waals surface area contributed by atoms with Gasteiger partial charge in [0.15, 0.2) is 0 Å². The van der Waals surface area contributed by atoms with E-state index in [1.807, 2.05) is 0 Å². The van der Waals surface area contributed by atoms with Crippen LogP contribution in [0.15, 0.2) is 16.9 Å². The number of carbonyl (C=O) groups is 1. The van der Waals surface area contributed by atoms with Crippen molar-refractivity contribution in [3.05, 3.63) is 18.4 Å². The quantitative estimate of drug-likeness (QED) is 0.619. The largest absolute Gasteiger partial charge is 0.449 e. The molecule has 1 aromatic rings. The SMILES string of the molecule is CC12CCC3C4CCC(F)CC4CCC3C1CCC2C(=O)Cc1ncco1.CF. The van der Waals surface area contributed by atoms with Gasteiger partial charge in [0.2, 0.25) is 5.89 Å². The van der Waals surface area contributed by atoms with Gasteiger partial charge in [0.05, 0.1) is 19.8 Å². The second-order valence-corrected chi connectivity index (χ2v) is 10.1. The highest BCUT2D eigenvalue weighted by Crippen LogP contribution is 2.64. The van der Waals surface area contributed by atoms with Crippen molar-refractivity contribution in [1.82, 2.24) is 4.98 Å². The number of halogens is 2. The number of Topliss-reactive ketones (excluding diaryl/α,β-unsaturated/α-hetero) is 1. The van der Waals surface area contributed by atoms with E-state index >= 15 is 0 Å². The van der Waals surface area contributed by atoms with Crippen molar-refractivity contribution in [3.8, 4) is 0 Å². The lowest BCUT2D eigenvalue weighted by atomic mass is 9.49. The number of nitrogens with zero attached hydrogens (tertiary/aromatic N) is 1. The van der Waals surface area contributed by atoms with E-state index in [2.05, 4.69) is 11.9 Å². The molecule has 0 aromatic carbocycles. The molecule has 3 nitrogen and oxygen atoms in total. The Morgan fingerprint density at radius 3 is 2.66 bits per heavy atom. The van der Waals surface area contributed by atoms with Gasteiger partial charge in [0.25, 0.3) is 0 Å². The molecule has 0 bridgehead atoms. The Kier molecular flexibility index (Phi) is 6.13. The number of rotatable bonds is 3. The first-order chi connectivity index (χ1) is 14.1. The molecule has 0 spiro atoms. The summed E-state index contributed by atoms with van der Waals surface area (Å²) >= 11 is 0. The van der Waals surface area contributed by atoms with Gasteiger partial charge in [-0.1, -0.05) is 6.92 Å². The molecule has 4 aliphatic rings. The molecule has 162 valence electrons. The van der Waals surface area contributed by atoms with Crippen molar-refractivity contribution in [2.75, 3.05) is 7.18 Å². The molecule has 5 heteroatoms. The van der Waals surface area contributed by atoms with Crippen molar-refractivity contribution in [2.24, 2.45) is 40.9 Å². The summed E-state index contributed by atoms with van der Waals surface area (Å²) < 4.78 is 28.7. The van der Waals surface area contributed by atoms with Gasteiger partial charge < -0.3 is 4.42 Å². The van der Waals surface area contributed by atoms with Crippen LogP contribution >= 0.6 is 0 Å². The summed E-state index contributed by atoms with van der Waals surface area (Å²) in [5.41, 5.74) is 0.148. The van der Waals surface area contributed by atoms with Gasteiger partial charge in [0, 0.05) is 5.92 Å². The zero-order chi connectivity index (χ0) is 20.6. The highest BCUT2D eigenvalue weighted by Gasteiger charge is 2.58. The van der Waals surface area contributed by atoms with Gasteiger partial charge >= 0.3 is 0 Å². The standard InChI is InChI=1S/C23H32FNO2.CH3F/c1-23-9-8-17-16-5-3-15(24)12-14(16)2-4-18(17)19(23)6-7-20(23)21(26)13-22-25-10-11-27-22;1-2/h10-11,14-20H,2-9,12-13H2,1H3;1H3. The Hall–Kier alpha value is -1.26. The summed E-state index contributed by atoms with van der Waals surface area (Å²) in [6, 6.07) is 0. The highest BCUT2D eigenvalue weighted by atomic mass is 19.1. The van der Waals surface area contributed by atoms with Crippen LogP contribution in [0.2, 0.25) is 0 Å². The highest BCUT2D eigenvalue weighted by molar-refractivity contribution is 5.83. The fourth-order valence-corrected chi connectivity index (χ4v) is 7.94. The molecular weight excluding hydrogens is 372 g/mol. The molecule has 5 rings (SSSR count). The normalized spacial score (nSPS) is 43.4. The van der Waals surface area contributed by atoms with Crippen LogP contribution in [-0.2, 0) is 11.2 Å². The Bertz CT molecular complexity index is 693. The molecule has 0 saturated heterocycles. The fourth-order valence-electron chi connectivity index (χ4n) is 7.94. The number of alkyl halides is 2. The van der Waals surface area contributed by atoms with Crippen molar-refractivity contribution in [2.45, 2.75) is 77.3 Å². The minimum Gasteiger partial charge on any atom is -0.449 e. The summed E-state index contributed by atoms with van der Waals surface area (Å²) in [6.45, 7) is 2.39. The van der Waals surface area contributed by atoms with E-state index in [1.165, 1.54) is 32.1 Å². The number of fused-ring (bicyclic) bond motifs is 5. The number of hydrogen-bond donors (Lipinski definition) is 0. The van der Waals surface area contributed by atoms with Gasteiger partial charge in [-0.25, -0.2) is 9.37 Å². The van der Waals surface area contributed by atoms with Crippen LogP contribution in [-0.4, -0.2) is 24.1 Å². The third-order valence-corrected chi connectivity index (χ3v) is 9.09. The molecule has 0 aliphatic heterocycles. The van der Waals surface area contributed by atoms with Gasteiger partial charge in [-0.3, -0.25) is 9.18 Å². The van der Waals surface area contributed by atoms with Crippen LogP contribution in [0.25, 0.3) is 0 Å². The predicted molar refractivity (Wildman–Crippen MR) is 108 cm³/mol. The zero-order valence-electron chi connectivity index (χ0n) is 17.8. The molecule has 4 saturated carbocycles. The van der Waals surface area contributed by atoms with Gasteiger partial charge in [-0.2, -0.15) is 0 Å². The number of aromatic nitrogens is 1. The van der Waals surface area contributed by atoms with Crippen LogP contribution < -0.4 is 0 Å². The first-order valence-electron chi connectivity index (χ1n) is 11.5. The van der Waals surface area contributed by atoms with E-state index in [0.717, 1.165) is 43.4 Å². The Morgan fingerprint density at radius 1 is 1.10 bits per heavy atom. The number of hydrogen-bond acceptors (Lipinski definition) is 3. The molecule has 4 aliphatic carbocycles. The van der Waals surface area contributed by atoms with E-state index in [1.54, 1.807) is 12.5 Å². The third kappa shape index (κ3) is 3.67. The molecule has 0 N–H and O–H groups in total. The maximum absolute atomic E-state index is 13.9. The summed E-state index contributed by atoms with van der Waals surface area (Å²) in [6.07, 6.45) is 12.8. The molecule has 0 radical (unpaired) electrons. The fraction of sp³-hybridized carbons (Fsp3) is 0.833. The van der Waals surface area contributed by atoms with Crippen LogP contribution in [0.4, 0.5) is 8.78 Å². The second-order valence-electron chi connectivity index (χ2n) is 10.1. The van der Waals surface area contributed by atoms with Gasteiger partial charge in [0.1, 0.15) is 18.2 Å². The molecular formula is C24H35F2NO2. The van der Waals surface area contributed by atoms with E-state index in [9.17, 15) is 13.6 Å². The number of ketones is 1. The predicted octanol–water partition coefficient (Wildman–Crippen LogP) is 5.98. The lowest BCUT2D eigenvalue weighted by Gasteiger charge is -2.55. The van der Waals surface area contributed by atoms with Crippen molar-refractivity contribution in [3.63, 3.8) is 0 Å². The van der Waals surface area contributed by atoms with Crippen LogP contribution in [0.5, 0.6) is 0 Å². The number of carbonyl (C=O) groups excluding carboxylic acids is 1. The summed E-state index contributed by atoms with van der Waals surface area (Å²) in [4.78, 5) is 17.2. The molecule has 0 amide bonds. The van der Waals surface area contributed by atoms with Crippen LogP contribution in [0, 0.1) is 40.9 Å². The van der Waals surface area contributed by atoms with Crippen molar-refractivity contribution in [1.29, 1.82) is 0 Å². The lowest BCUT2D eigenvalue weighted by molar-refractivity contribution is -0.130. The summed E-state index contributed by atoms with van der Waals surface area (Å²) in [5, 5.41) is 0. The van der Waals surface area contributed by atoms with E-state index < -0.39 is 6.17 Å². The van der Waals surface area contributed by atoms with Crippen molar-refractivity contribution < 1.29 is 18.0 Å². The molecule has 4 fully saturated rings. The summed E-state index contributed by atoms with van der Waals surface area (Å²) in [5.74, 6) is 4.66. The zero-order valence-corrected chi connectivity index (χ0v) is 17.8. The average molecular weight is 408 g/mol. The van der Waals surface area contributed by atoms with Crippen molar-refractivity contribution >= 4 is 5.78 Å². The average Bonchev–Trinajstić information content (AvgIpc) is 3.36. The maximum Gasteiger partial charge on any atom is 0.201 e. The Morgan fingerprint density at radius 2 is 1.90 bits per heavy atom. The van der Waals surface area contributed by atoms with E-state index in [-0.39, 0.29) is 11.3 Å². The second kappa shape index (κ2) is 8.47. The van der Waals surface area contributed by atoms with Crippen LogP contribution in [0.3, 0.4) is 0 Å². The maximum atomic E-state index is 13.9. The number of oxazole rings is 1. The van der Waals surface area contributed by atoms with E-state index in [4.69, 9.17) is 4.42 Å². The molecule has 1 heterocycles. The van der Waals surface area contributed by atoms with Crippen LogP contribution in [0.1, 0.15) is 70.6 Å². The summed E-state index contributed by atoms with van der Waals surface area (Å²) in [7, 11) is 0.500. The van der Waals surface area contributed by atoms with Gasteiger partial charge in [-0.15, -0.1) is 0 Å². The molecule has 1 aromatic heterocycles. The van der Waals surface area contributed by atoms with E-state index in [0.29, 0.717) is 37.1 Å². The first-order valence-corrected chi connectivity index (χ1v) is 11.5. The minimum absolute atomic E-state index is 0.148. The Balaban J connectivity index is 0.000000994. The first kappa shape index (κ1) is 21.0. The van der Waals surface area contributed by atoms with Gasteiger partial charge in [-0.05, 0) is 92.8 Å². The minimum atomic E-state index is -0.555. The lowest BCUT2D eigenvalue weighted by Crippen LogP contribution is -2.49. The topological polar surface area (TPSA) is 43.1 Å². The Labute approximate surface area is 173 Å². The molecule has 8 atom stereocenters. The molecule has 29 heavy (non-hydrogen) atoms.